The quantitative estimate of drug-likeness (QED) is 0.763. The van der Waals surface area contributed by atoms with Gasteiger partial charge in [0.1, 0.15) is 5.82 Å². The molecule has 0 unspecified atom stereocenters. The van der Waals surface area contributed by atoms with Crippen LogP contribution in [0.15, 0.2) is 12.4 Å². The number of urea groups is 1. The fourth-order valence-electron chi connectivity index (χ4n) is 4.63. The zero-order valence-corrected chi connectivity index (χ0v) is 16.7. The third-order valence-electron chi connectivity index (χ3n) is 6.29. The molecule has 2 N–H and O–H groups in total. The lowest BCUT2D eigenvalue weighted by Gasteiger charge is -2.48. The summed E-state index contributed by atoms with van der Waals surface area (Å²) in [6.07, 6.45) is 13.6. The number of hydrogen-bond donors (Lipinski definition) is 2. The fourth-order valence-corrected chi connectivity index (χ4v) is 4.63. The van der Waals surface area contributed by atoms with E-state index in [1.807, 2.05) is 17.8 Å². The van der Waals surface area contributed by atoms with Crippen molar-refractivity contribution in [2.75, 3.05) is 32.8 Å². The Balaban J connectivity index is 1.63. The Morgan fingerprint density at radius 3 is 2.56 bits per heavy atom. The summed E-state index contributed by atoms with van der Waals surface area (Å²) in [5, 5.41) is 12.6. The van der Waals surface area contributed by atoms with Gasteiger partial charge in [-0.15, -0.1) is 0 Å². The van der Waals surface area contributed by atoms with Crippen LogP contribution in [0.3, 0.4) is 0 Å². The molecular weight excluding hydrogens is 342 g/mol. The summed E-state index contributed by atoms with van der Waals surface area (Å²) < 4.78 is 1.91. The molecule has 1 aromatic heterocycles. The Morgan fingerprint density at radius 2 is 1.93 bits per heavy atom. The van der Waals surface area contributed by atoms with Crippen molar-refractivity contribution >= 4 is 6.03 Å². The number of amides is 2. The molecular formula is C20H35N5O2. The SMILES string of the molecule is Cn1ccnc1CN(CCO)C(=O)NCC1(N2CCCCC2)CCCCC1. The van der Waals surface area contributed by atoms with Crippen LogP contribution in [0, 0.1) is 0 Å². The van der Waals surface area contributed by atoms with Crippen LogP contribution in [0.4, 0.5) is 4.79 Å². The molecule has 1 aliphatic carbocycles. The van der Waals surface area contributed by atoms with Crippen molar-refractivity contribution in [3.05, 3.63) is 18.2 Å². The van der Waals surface area contributed by atoms with E-state index in [2.05, 4.69) is 15.2 Å². The number of hydrogen-bond acceptors (Lipinski definition) is 4. The Labute approximate surface area is 162 Å². The third-order valence-corrected chi connectivity index (χ3v) is 6.29. The number of aliphatic hydroxyl groups is 1. The van der Waals surface area contributed by atoms with Gasteiger partial charge in [0.05, 0.1) is 13.2 Å². The van der Waals surface area contributed by atoms with E-state index < -0.39 is 0 Å². The van der Waals surface area contributed by atoms with Crippen LogP contribution in [-0.4, -0.2) is 68.8 Å². The van der Waals surface area contributed by atoms with Crippen LogP contribution in [-0.2, 0) is 13.6 Å². The van der Waals surface area contributed by atoms with Crippen LogP contribution in [0.1, 0.15) is 57.2 Å². The second-order valence-corrected chi connectivity index (χ2v) is 8.09. The molecule has 1 aromatic rings. The zero-order chi connectivity index (χ0) is 19.1. The first-order valence-electron chi connectivity index (χ1n) is 10.5. The van der Waals surface area contributed by atoms with Crippen molar-refractivity contribution in [2.24, 2.45) is 7.05 Å². The van der Waals surface area contributed by atoms with Gasteiger partial charge in [0, 0.05) is 38.1 Å². The molecule has 0 aromatic carbocycles. The summed E-state index contributed by atoms with van der Waals surface area (Å²) in [7, 11) is 1.92. The standard InChI is InChI=1S/C20H35N5O2/c1-23-13-10-21-18(23)16-24(14-15-26)19(27)22-17-20(8-4-2-5-9-20)25-11-6-3-7-12-25/h10,13,26H,2-9,11-12,14-17H2,1H3,(H,22,27). The predicted octanol–water partition coefficient (Wildman–Crippen LogP) is 2.11. The van der Waals surface area contributed by atoms with Gasteiger partial charge in [0.25, 0.3) is 0 Å². The van der Waals surface area contributed by atoms with Gasteiger partial charge >= 0.3 is 6.03 Å². The molecule has 2 fully saturated rings. The number of aliphatic hydroxyl groups excluding tert-OH is 1. The van der Waals surface area contributed by atoms with Gasteiger partial charge in [-0.2, -0.15) is 0 Å². The molecule has 0 bridgehead atoms. The molecule has 2 aliphatic rings. The maximum absolute atomic E-state index is 12.9. The van der Waals surface area contributed by atoms with Crippen molar-refractivity contribution in [1.29, 1.82) is 0 Å². The largest absolute Gasteiger partial charge is 0.395 e. The number of imidazole rings is 1. The number of piperidine rings is 1. The molecule has 1 aliphatic heterocycles. The normalized spacial score (nSPS) is 20.4. The van der Waals surface area contributed by atoms with E-state index in [1.165, 1.54) is 51.4 Å². The molecule has 7 nitrogen and oxygen atoms in total. The van der Waals surface area contributed by atoms with Gasteiger partial charge in [-0.1, -0.05) is 25.7 Å². The number of aromatic nitrogens is 2. The van der Waals surface area contributed by atoms with Gasteiger partial charge < -0.3 is 19.9 Å². The van der Waals surface area contributed by atoms with Gasteiger partial charge in [-0.25, -0.2) is 9.78 Å². The number of nitrogens with zero attached hydrogens (tertiary/aromatic N) is 4. The highest BCUT2D eigenvalue weighted by atomic mass is 16.3. The molecule has 2 heterocycles. The van der Waals surface area contributed by atoms with Crippen molar-refractivity contribution in [3.8, 4) is 0 Å². The minimum Gasteiger partial charge on any atom is -0.395 e. The van der Waals surface area contributed by atoms with Crippen molar-refractivity contribution in [1.82, 2.24) is 24.7 Å². The summed E-state index contributed by atoms with van der Waals surface area (Å²) in [5.74, 6) is 0.821. The summed E-state index contributed by atoms with van der Waals surface area (Å²) in [5.41, 5.74) is 0.114. The smallest absolute Gasteiger partial charge is 0.317 e. The number of rotatable bonds is 7. The maximum Gasteiger partial charge on any atom is 0.317 e. The highest BCUT2D eigenvalue weighted by Crippen LogP contribution is 2.35. The van der Waals surface area contributed by atoms with E-state index in [4.69, 9.17) is 0 Å². The molecule has 0 spiro atoms. The summed E-state index contributed by atoms with van der Waals surface area (Å²) in [6.45, 7) is 3.69. The third kappa shape index (κ3) is 5.02. The van der Waals surface area contributed by atoms with Gasteiger partial charge in [-0.3, -0.25) is 4.90 Å². The Hall–Kier alpha value is -1.60. The molecule has 0 radical (unpaired) electrons. The molecule has 2 amide bonds. The molecule has 27 heavy (non-hydrogen) atoms. The van der Waals surface area contributed by atoms with Crippen LogP contribution < -0.4 is 5.32 Å². The molecule has 1 saturated carbocycles. The van der Waals surface area contributed by atoms with Gasteiger partial charge in [-0.05, 0) is 38.8 Å². The van der Waals surface area contributed by atoms with Crippen molar-refractivity contribution < 1.29 is 9.90 Å². The first-order valence-corrected chi connectivity index (χ1v) is 10.5. The zero-order valence-electron chi connectivity index (χ0n) is 16.7. The van der Waals surface area contributed by atoms with E-state index in [-0.39, 0.29) is 18.2 Å². The Bertz CT molecular complexity index is 591. The number of aryl methyl sites for hydroxylation is 1. The Kier molecular flexibility index (Phi) is 7.13. The molecule has 0 atom stereocenters. The highest BCUT2D eigenvalue weighted by molar-refractivity contribution is 5.74. The first-order chi connectivity index (χ1) is 13.1. The van der Waals surface area contributed by atoms with Gasteiger partial charge in [0.15, 0.2) is 0 Å². The lowest BCUT2D eigenvalue weighted by Crippen LogP contribution is -2.59. The first kappa shape index (κ1) is 20.1. The fraction of sp³-hybridized carbons (Fsp3) is 0.800. The van der Waals surface area contributed by atoms with E-state index >= 15 is 0 Å². The lowest BCUT2D eigenvalue weighted by atomic mass is 9.79. The minimum atomic E-state index is -0.103. The van der Waals surface area contributed by atoms with Gasteiger partial charge in [0.2, 0.25) is 0 Å². The van der Waals surface area contributed by atoms with Crippen molar-refractivity contribution in [2.45, 2.75) is 63.5 Å². The number of likely N-dealkylation sites (tertiary alicyclic amines) is 1. The van der Waals surface area contributed by atoms with E-state index in [9.17, 15) is 9.90 Å². The molecule has 1 saturated heterocycles. The van der Waals surface area contributed by atoms with Crippen LogP contribution in [0.25, 0.3) is 0 Å². The minimum absolute atomic E-state index is 0.0465. The number of nitrogens with one attached hydrogen (secondary N) is 1. The molecule has 7 heteroatoms. The number of carbonyl (C=O) groups is 1. The monoisotopic (exact) mass is 377 g/mol. The molecule has 152 valence electrons. The topological polar surface area (TPSA) is 73.6 Å². The highest BCUT2D eigenvalue weighted by Gasteiger charge is 2.38. The van der Waals surface area contributed by atoms with Crippen LogP contribution in [0.5, 0.6) is 0 Å². The maximum atomic E-state index is 12.9. The average molecular weight is 378 g/mol. The second-order valence-electron chi connectivity index (χ2n) is 8.09. The van der Waals surface area contributed by atoms with Crippen molar-refractivity contribution in [3.63, 3.8) is 0 Å². The lowest BCUT2D eigenvalue weighted by molar-refractivity contribution is 0.0341. The van der Waals surface area contributed by atoms with Crippen LogP contribution in [0.2, 0.25) is 0 Å². The average Bonchev–Trinajstić information content (AvgIpc) is 3.12. The van der Waals surface area contributed by atoms with E-state index in [1.54, 1.807) is 11.1 Å². The number of carbonyl (C=O) groups excluding carboxylic acids is 1. The van der Waals surface area contributed by atoms with Crippen LogP contribution >= 0.6 is 0 Å². The Morgan fingerprint density at radius 1 is 1.22 bits per heavy atom. The molecule has 3 rings (SSSR count). The summed E-state index contributed by atoms with van der Waals surface area (Å²) >= 11 is 0. The summed E-state index contributed by atoms with van der Waals surface area (Å²) in [6, 6.07) is -0.103. The second kappa shape index (κ2) is 9.55. The predicted molar refractivity (Wildman–Crippen MR) is 105 cm³/mol. The van der Waals surface area contributed by atoms with E-state index in [0.717, 1.165) is 18.9 Å². The summed E-state index contributed by atoms with van der Waals surface area (Å²) in [4.78, 5) is 21.5. The van der Waals surface area contributed by atoms with E-state index in [0.29, 0.717) is 19.6 Å².